The number of ether oxygens (including phenoxy) is 2. The second-order valence-electron chi connectivity index (χ2n) is 8.53. The number of carbonyl (C=O) groups is 2. The first-order chi connectivity index (χ1) is 13.2. The number of alkyl carbamates (subject to hydrolysis) is 1. The standard InChI is InChI=1S/C18H37N2O8P/c1-17(2,3)27-15(21)14(20-16(22)28-18(4,5)6)13-26-29(23,24)25-12-10-8-7-9-11-19/h14H,7-13,19H2,1-6H3,(H,20,22)(H,23,24). The summed E-state index contributed by atoms with van der Waals surface area (Å²) in [6.45, 7) is 9.95. The number of unbranched alkanes of at least 4 members (excludes halogenated alkanes) is 3. The molecule has 0 saturated heterocycles. The van der Waals surface area contributed by atoms with Crippen LogP contribution in [0.4, 0.5) is 4.79 Å². The summed E-state index contributed by atoms with van der Waals surface area (Å²) in [5.41, 5.74) is 3.78. The third-order valence-electron chi connectivity index (χ3n) is 3.14. The Morgan fingerprint density at radius 1 is 0.966 bits per heavy atom. The smallest absolute Gasteiger partial charge is 0.458 e. The average Bonchev–Trinajstić information content (AvgIpc) is 2.51. The number of rotatable bonds is 12. The van der Waals surface area contributed by atoms with Gasteiger partial charge in [-0.05, 0) is 60.9 Å². The summed E-state index contributed by atoms with van der Waals surface area (Å²) >= 11 is 0. The van der Waals surface area contributed by atoms with E-state index >= 15 is 0 Å². The molecule has 2 unspecified atom stereocenters. The highest BCUT2D eigenvalue weighted by molar-refractivity contribution is 7.47. The number of esters is 1. The maximum absolute atomic E-state index is 12.3. The molecule has 0 aromatic rings. The van der Waals surface area contributed by atoms with Crippen LogP contribution in [-0.4, -0.2) is 54.0 Å². The van der Waals surface area contributed by atoms with Crippen LogP contribution in [0.5, 0.6) is 0 Å². The van der Waals surface area contributed by atoms with Crippen LogP contribution in [0, 0.1) is 0 Å². The van der Waals surface area contributed by atoms with E-state index in [4.69, 9.17) is 24.3 Å². The van der Waals surface area contributed by atoms with Crippen molar-refractivity contribution in [3.63, 3.8) is 0 Å². The van der Waals surface area contributed by atoms with Crippen LogP contribution >= 0.6 is 7.82 Å². The number of hydrogen-bond donors (Lipinski definition) is 3. The van der Waals surface area contributed by atoms with Gasteiger partial charge in [-0.2, -0.15) is 0 Å². The molecule has 172 valence electrons. The molecular weight excluding hydrogens is 403 g/mol. The van der Waals surface area contributed by atoms with Crippen molar-refractivity contribution in [2.75, 3.05) is 19.8 Å². The number of carbonyl (C=O) groups excluding carboxylic acids is 2. The molecule has 0 heterocycles. The highest BCUT2D eigenvalue weighted by Gasteiger charge is 2.32. The van der Waals surface area contributed by atoms with E-state index in [1.165, 1.54) is 0 Å². The second-order valence-corrected chi connectivity index (χ2v) is 9.99. The van der Waals surface area contributed by atoms with Crippen molar-refractivity contribution in [3.05, 3.63) is 0 Å². The summed E-state index contributed by atoms with van der Waals surface area (Å²) in [4.78, 5) is 34.1. The van der Waals surface area contributed by atoms with Crippen molar-refractivity contribution in [2.24, 2.45) is 5.73 Å². The highest BCUT2D eigenvalue weighted by atomic mass is 31.2. The van der Waals surface area contributed by atoms with Crippen molar-refractivity contribution in [2.45, 2.75) is 84.5 Å². The SMILES string of the molecule is CC(C)(C)OC(=O)NC(COP(=O)(O)OCCCCCCN)C(=O)OC(C)(C)C. The van der Waals surface area contributed by atoms with E-state index in [0.29, 0.717) is 13.0 Å². The molecule has 1 amide bonds. The lowest BCUT2D eigenvalue weighted by Crippen LogP contribution is -2.48. The van der Waals surface area contributed by atoms with Crippen molar-refractivity contribution in [1.29, 1.82) is 0 Å². The summed E-state index contributed by atoms with van der Waals surface area (Å²) in [6, 6.07) is -1.35. The molecule has 10 nitrogen and oxygen atoms in total. The minimum absolute atomic E-state index is 0.0228. The Morgan fingerprint density at radius 2 is 1.52 bits per heavy atom. The average molecular weight is 440 g/mol. The van der Waals surface area contributed by atoms with E-state index in [2.05, 4.69) is 5.32 Å². The number of nitrogens with two attached hydrogens (primary N) is 1. The first-order valence-corrected chi connectivity index (χ1v) is 11.2. The molecule has 4 N–H and O–H groups in total. The van der Waals surface area contributed by atoms with Gasteiger partial charge in [0.15, 0.2) is 6.04 Å². The Balaban J connectivity index is 4.78. The third kappa shape index (κ3) is 16.3. The molecule has 0 saturated carbocycles. The Labute approximate surface area is 173 Å². The van der Waals surface area contributed by atoms with Crippen LogP contribution in [0.15, 0.2) is 0 Å². The van der Waals surface area contributed by atoms with Crippen LogP contribution in [0.25, 0.3) is 0 Å². The highest BCUT2D eigenvalue weighted by Crippen LogP contribution is 2.43. The molecule has 0 spiro atoms. The molecule has 0 aromatic heterocycles. The zero-order chi connectivity index (χ0) is 22.7. The predicted molar refractivity (Wildman–Crippen MR) is 108 cm³/mol. The molecule has 2 atom stereocenters. The topological polar surface area (TPSA) is 146 Å². The van der Waals surface area contributed by atoms with Gasteiger partial charge in [0.05, 0.1) is 13.2 Å². The zero-order valence-electron chi connectivity index (χ0n) is 18.4. The molecule has 11 heteroatoms. The van der Waals surface area contributed by atoms with Gasteiger partial charge in [0.2, 0.25) is 0 Å². The van der Waals surface area contributed by atoms with Crippen LogP contribution in [0.2, 0.25) is 0 Å². The minimum Gasteiger partial charge on any atom is -0.458 e. The Hall–Kier alpha value is -1.19. The summed E-state index contributed by atoms with van der Waals surface area (Å²) in [5, 5.41) is 2.30. The van der Waals surface area contributed by atoms with Gasteiger partial charge in [-0.15, -0.1) is 0 Å². The van der Waals surface area contributed by atoms with E-state index < -0.39 is 43.7 Å². The molecule has 0 aliphatic carbocycles. The third-order valence-corrected chi connectivity index (χ3v) is 4.12. The fourth-order valence-corrected chi connectivity index (χ4v) is 2.75. The number of phosphoric ester groups is 1. The fourth-order valence-electron chi connectivity index (χ4n) is 1.98. The monoisotopic (exact) mass is 440 g/mol. The molecule has 0 aliphatic rings. The minimum atomic E-state index is -4.40. The molecule has 0 aliphatic heterocycles. The Bertz CT molecular complexity index is 557. The first kappa shape index (κ1) is 27.8. The maximum atomic E-state index is 12.3. The number of nitrogens with one attached hydrogen (secondary N) is 1. The fraction of sp³-hybridized carbons (Fsp3) is 0.889. The predicted octanol–water partition coefficient (Wildman–Crippen LogP) is 2.87. The number of hydrogen-bond acceptors (Lipinski definition) is 8. The lowest BCUT2D eigenvalue weighted by molar-refractivity contribution is -0.158. The molecule has 29 heavy (non-hydrogen) atoms. The van der Waals surface area contributed by atoms with E-state index in [0.717, 1.165) is 19.3 Å². The van der Waals surface area contributed by atoms with Crippen LogP contribution in [0.3, 0.4) is 0 Å². The zero-order valence-corrected chi connectivity index (χ0v) is 19.3. The summed E-state index contributed by atoms with van der Waals surface area (Å²) < 4.78 is 32.1. The van der Waals surface area contributed by atoms with Gasteiger partial charge in [-0.3, -0.25) is 9.05 Å². The second kappa shape index (κ2) is 12.5. The van der Waals surface area contributed by atoms with Crippen LogP contribution < -0.4 is 11.1 Å². The molecular formula is C18H37N2O8P. The van der Waals surface area contributed by atoms with Gasteiger partial charge < -0.3 is 25.4 Å². The Morgan fingerprint density at radius 3 is 2.03 bits per heavy atom. The van der Waals surface area contributed by atoms with Gasteiger partial charge >= 0.3 is 19.9 Å². The van der Waals surface area contributed by atoms with Gasteiger partial charge in [0.1, 0.15) is 11.2 Å². The lowest BCUT2D eigenvalue weighted by Gasteiger charge is -2.26. The van der Waals surface area contributed by atoms with Crippen LogP contribution in [0.1, 0.15) is 67.2 Å². The summed E-state index contributed by atoms with van der Waals surface area (Å²) in [6.07, 6.45) is 2.26. The first-order valence-electron chi connectivity index (χ1n) is 9.69. The van der Waals surface area contributed by atoms with E-state index in [9.17, 15) is 19.0 Å². The van der Waals surface area contributed by atoms with E-state index in [1.54, 1.807) is 41.5 Å². The van der Waals surface area contributed by atoms with E-state index in [1.807, 2.05) is 0 Å². The van der Waals surface area contributed by atoms with E-state index in [-0.39, 0.29) is 6.61 Å². The largest absolute Gasteiger partial charge is 0.472 e. The Kier molecular flexibility index (Phi) is 12.0. The van der Waals surface area contributed by atoms with Crippen molar-refractivity contribution in [3.8, 4) is 0 Å². The normalized spacial score (nSPS) is 15.3. The quantitative estimate of drug-likeness (QED) is 0.237. The van der Waals surface area contributed by atoms with Crippen molar-refractivity contribution >= 4 is 19.9 Å². The molecule has 0 bridgehead atoms. The van der Waals surface area contributed by atoms with Gasteiger partial charge in [-0.25, -0.2) is 14.2 Å². The van der Waals surface area contributed by atoms with Crippen molar-refractivity contribution in [1.82, 2.24) is 5.32 Å². The van der Waals surface area contributed by atoms with Crippen molar-refractivity contribution < 1.29 is 37.6 Å². The lowest BCUT2D eigenvalue weighted by atomic mass is 10.2. The summed E-state index contributed by atoms with van der Waals surface area (Å²) in [7, 11) is -4.40. The van der Waals surface area contributed by atoms with Gasteiger partial charge in [-0.1, -0.05) is 12.8 Å². The number of phosphoric acid groups is 1. The maximum Gasteiger partial charge on any atom is 0.472 e. The van der Waals surface area contributed by atoms with Gasteiger partial charge in [0.25, 0.3) is 0 Å². The molecule has 0 radical (unpaired) electrons. The number of amides is 1. The van der Waals surface area contributed by atoms with Crippen LogP contribution in [-0.2, 0) is 27.9 Å². The molecule has 0 aromatic carbocycles. The molecule has 0 fully saturated rings. The molecule has 0 rings (SSSR count). The summed E-state index contributed by atoms with van der Waals surface area (Å²) in [5.74, 6) is -0.829. The van der Waals surface area contributed by atoms with Gasteiger partial charge in [0, 0.05) is 0 Å².